The Hall–Kier alpha value is -0.660. The Morgan fingerprint density at radius 2 is 2.50 bits per heavy atom. The summed E-state index contributed by atoms with van der Waals surface area (Å²) >= 11 is 0. The Morgan fingerprint density at radius 1 is 1.50 bits per heavy atom. The van der Waals surface area contributed by atoms with Crippen molar-refractivity contribution in [2.45, 2.75) is 0 Å². The van der Waals surface area contributed by atoms with Crippen molar-refractivity contribution in [3.63, 3.8) is 0 Å². The lowest BCUT2D eigenvalue weighted by Gasteiger charge is -1.88. The van der Waals surface area contributed by atoms with E-state index in [1.807, 2.05) is 0 Å². The molecule has 1 radical (unpaired) electrons. The van der Waals surface area contributed by atoms with Crippen molar-refractivity contribution in [3.8, 4) is 0 Å². The van der Waals surface area contributed by atoms with Crippen molar-refractivity contribution in [1.29, 1.82) is 0 Å². The number of hydrogen-bond donors (Lipinski definition) is 0. The summed E-state index contributed by atoms with van der Waals surface area (Å²) < 4.78 is 0. The average molecular weight is 81.1 g/mol. The molecule has 0 spiro atoms. The zero-order chi connectivity index (χ0) is 4.24. The molecule has 31 valence electrons. The minimum atomic E-state index is 0.816. The summed E-state index contributed by atoms with van der Waals surface area (Å²) in [5, 5.41) is 0. The Bertz CT molecular complexity index is 71.5. The van der Waals surface area contributed by atoms with Crippen molar-refractivity contribution in [1.82, 2.24) is 0 Å². The van der Waals surface area contributed by atoms with Gasteiger partial charge in [-0.3, -0.25) is 9.98 Å². The van der Waals surface area contributed by atoms with E-state index < -0.39 is 0 Å². The van der Waals surface area contributed by atoms with Gasteiger partial charge in [-0.1, -0.05) is 0 Å². The molecule has 0 bridgehead atoms. The molecule has 0 amide bonds. The molecule has 6 heavy (non-hydrogen) atoms. The van der Waals surface area contributed by atoms with Crippen LogP contribution in [0.5, 0.6) is 0 Å². The van der Waals surface area contributed by atoms with Crippen molar-refractivity contribution in [2.24, 2.45) is 9.98 Å². The highest BCUT2D eigenvalue weighted by atomic mass is 14.8. The van der Waals surface area contributed by atoms with E-state index in [0.29, 0.717) is 0 Å². The lowest BCUT2D eigenvalue weighted by Crippen LogP contribution is -1.94. The first-order valence-corrected chi connectivity index (χ1v) is 1.90. The van der Waals surface area contributed by atoms with E-state index >= 15 is 0 Å². The van der Waals surface area contributed by atoms with Gasteiger partial charge in [0.15, 0.2) is 0 Å². The van der Waals surface area contributed by atoms with E-state index in [0.717, 1.165) is 13.1 Å². The highest BCUT2D eigenvalue weighted by molar-refractivity contribution is 6.16. The zero-order valence-corrected chi connectivity index (χ0v) is 3.39. The topological polar surface area (TPSA) is 24.7 Å². The first-order valence-electron chi connectivity index (χ1n) is 1.90. The van der Waals surface area contributed by atoms with Crippen LogP contribution in [0.1, 0.15) is 0 Å². The molecule has 0 aromatic carbocycles. The minimum Gasteiger partial charge on any atom is -0.289 e. The average Bonchev–Trinajstić information content (AvgIpc) is 1.72. The third kappa shape index (κ3) is 0.641. The van der Waals surface area contributed by atoms with Crippen LogP contribution in [0.15, 0.2) is 9.98 Å². The van der Waals surface area contributed by atoms with E-state index in [1.165, 1.54) is 0 Å². The van der Waals surface area contributed by atoms with Gasteiger partial charge in [0.1, 0.15) is 6.21 Å². The van der Waals surface area contributed by atoms with Crippen LogP contribution in [0.3, 0.4) is 0 Å². The molecule has 0 unspecified atom stereocenters. The van der Waals surface area contributed by atoms with Crippen LogP contribution in [0.4, 0.5) is 0 Å². The maximum absolute atomic E-state index is 3.85. The SMILES string of the molecule is [C]1=NCCN=C1. The second-order valence-electron chi connectivity index (χ2n) is 1.05. The Kier molecular flexibility index (Phi) is 0.998. The highest BCUT2D eigenvalue weighted by Crippen LogP contribution is 1.74. The predicted octanol–water partition coefficient (Wildman–Crippen LogP) is 0.0186. The molecule has 0 aliphatic carbocycles. The molecule has 0 saturated carbocycles. The second-order valence-corrected chi connectivity index (χ2v) is 1.05. The largest absolute Gasteiger partial charge is 0.289 e. The van der Waals surface area contributed by atoms with Gasteiger partial charge in [-0.15, -0.1) is 0 Å². The zero-order valence-electron chi connectivity index (χ0n) is 3.39. The van der Waals surface area contributed by atoms with Gasteiger partial charge in [0.05, 0.1) is 13.1 Å². The molecule has 1 aliphatic heterocycles. The van der Waals surface area contributed by atoms with Gasteiger partial charge in [0.25, 0.3) is 0 Å². The van der Waals surface area contributed by atoms with Crippen molar-refractivity contribution < 1.29 is 0 Å². The van der Waals surface area contributed by atoms with Crippen molar-refractivity contribution in [3.05, 3.63) is 0 Å². The van der Waals surface area contributed by atoms with E-state index in [2.05, 4.69) is 16.2 Å². The molecule has 1 aliphatic rings. The third-order valence-corrected chi connectivity index (χ3v) is 0.581. The molecule has 0 aromatic heterocycles. The molecule has 1 rings (SSSR count). The molecule has 1 heterocycles. The predicted molar refractivity (Wildman–Crippen MR) is 25.7 cm³/mol. The molecule has 2 nitrogen and oxygen atoms in total. The number of aliphatic imine (C=N–C) groups is 2. The molecular formula is C4H5N2. The van der Waals surface area contributed by atoms with Crippen LogP contribution in [-0.4, -0.2) is 25.5 Å². The fourth-order valence-electron chi connectivity index (χ4n) is 0.318. The van der Waals surface area contributed by atoms with Gasteiger partial charge in [0.2, 0.25) is 0 Å². The van der Waals surface area contributed by atoms with E-state index in [9.17, 15) is 0 Å². The fraction of sp³-hybridized carbons (Fsp3) is 0.500. The van der Waals surface area contributed by atoms with E-state index in [4.69, 9.17) is 0 Å². The summed E-state index contributed by atoms with van der Waals surface area (Å²) in [5.74, 6) is 0. The van der Waals surface area contributed by atoms with Crippen molar-refractivity contribution >= 4 is 12.4 Å². The first-order chi connectivity index (χ1) is 3.00. The lowest BCUT2D eigenvalue weighted by atomic mass is 10.6. The van der Waals surface area contributed by atoms with Gasteiger partial charge in [0, 0.05) is 6.21 Å². The van der Waals surface area contributed by atoms with Crippen LogP contribution < -0.4 is 0 Å². The van der Waals surface area contributed by atoms with Gasteiger partial charge < -0.3 is 0 Å². The summed E-state index contributed by atoms with van der Waals surface area (Å²) in [7, 11) is 0. The quantitative estimate of drug-likeness (QED) is 0.392. The van der Waals surface area contributed by atoms with Gasteiger partial charge >= 0.3 is 0 Å². The van der Waals surface area contributed by atoms with Crippen LogP contribution in [0, 0.1) is 0 Å². The summed E-state index contributed by atoms with van der Waals surface area (Å²) in [6.07, 6.45) is 4.22. The van der Waals surface area contributed by atoms with E-state index in [-0.39, 0.29) is 0 Å². The third-order valence-electron chi connectivity index (χ3n) is 0.581. The fourth-order valence-corrected chi connectivity index (χ4v) is 0.318. The monoisotopic (exact) mass is 81.0 g/mol. The normalized spacial score (nSPS) is 18.7. The Balaban J connectivity index is 2.46. The molecule has 0 fully saturated rings. The second kappa shape index (κ2) is 1.70. The smallest absolute Gasteiger partial charge is 0.102 e. The summed E-state index contributed by atoms with van der Waals surface area (Å²) in [4.78, 5) is 7.62. The number of hydrogen-bond acceptors (Lipinski definition) is 2. The first kappa shape index (κ1) is 3.53. The molecule has 2 heteroatoms. The Morgan fingerprint density at radius 3 is 2.67 bits per heavy atom. The number of nitrogens with zero attached hydrogens (tertiary/aromatic N) is 2. The molecule has 0 saturated heterocycles. The van der Waals surface area contributed by atoms with E-state index in [1.54, 1.807) is 6.21 Å². The highest BCUT2D eigenvalue weighted by Gasteiger charge is 1.79. The summed E-state index contributed by atoms with van der Waals surface area (Å²) in [6.45, 7) is 1.66. The van der Waals surface area contributed by atoms with Crippen LogP contribution in [0.2, 0.25) is 0 Å². The maximum Gasteiger partial charge on any atom is 0.102 e. The molecule has 0 atom stereocenters. The maximum atomic E-state index is 3.85. The molecular weight excluding hydrogens is 76.1 g/mol. The summed E-state index contributed by atoms with van der Waals surface area (Å²) in [6, 6.07) is 0. The van der Waals surface area contributed by atoms with Gasteiger partial charge in [-0.25, -0.2) is 0 Å². The Labute approximate surface area is 36.6 Å². The van der Waals surface area contributed by atoms with Crippen molar-refractivity contribution in [2.75, 3.05) is 13.1 Å². The van der Waals surface area contributed by atoms with Crippen LogP contribution >= 0.6 is 0 Å². The summed E-state index contributed by atoms with van der Waals surface area (Å²) in [5.41, 5.74) is 0. The standard InChI is InChI=1S/C4H5N2/c1-2-6-4-3-5-1/h1H,3-4H2. The molecule has 0 aromatic rings. The lowest BCUT2D eigenvalue weighted by molar-refractivity contribution is 0.977. The van der Waals surface area contributed by atoms with Crippen LogP contribution in [-0.2, 0) is 0 Å². The van der Waals surface area contributed by atoms with Gasteiger partial charge in [-0.2, -0.15) is 0 Å². The molecule has 0 N–H and O–H groups in total. The number of rotatable bonds is 0. The van der Waals surface area contributed by atoms with Crippen LogP contribution in [0.25, 0.3) is 0 Å². The minimum absolute atomic E-state index is 0.816. The van der Waals surface area contributed by atoms with Gasteiger partial charge in [-0.05, 0) is 0 Å².